The molecule has 242 valence electrons. The number of imide groups is 1. The maximum Gasteiger partial charge on any atom is 0.339 e. The highest BCUT2D eigenvalue weighted by Gasteiger charge is 2.52. The summed E-state index contributed by atoms with van der Waals surface area (Å²) < 4.78 is 6.52. The fraction of sp³-hybridized carbons (Fsp3) is 0.306. The normalized spacial score (nSPS) is 21.5. The number of hydrogen-bond donors (Lipinski definition) is 0. The van der Waals surface area contributed by atoms with Gasteiger partial charge in [-0.1, -0.05) is 99.3 Å². The number of alkyl halides is 2. The average Bonchev–Trinajstić information content (AvgIpc) is 3.31. The zero-order valence-corrected chi connectivity index (χ0v) is 31.0. The lowest BCUT2D eigenvalue weighted by Gasteiger charge is -2.29. The minimum atomic E-state index is -0.962. The predicted octanol–water partition coefficient (Wildman–Crippen LogP) is 9.26. The molecule has 3 aromatic carbocycles. The molecule has 2 amide bonds. The van der Waals surface area contributed by atoms with Crippen molar-refractivity contribution in [3.05, 3.63) is 92.9 Å². The molecule has 0 N–H and O–H groups in total. The first-order valence-corrected chi connectivity index (χ1v) is 18.4. The molecule has 1 saturated carbocycles. The van der Waals surface area contributed by atoms with E-state index in [9.17, 15) is 19.2 Å². The number of pyridine rings is 1. The van der Waals surface area contributed by atoms with Gasteiger partial charge in [-0.15, -0.1) is 0 Å². The third-order valence-corrected chi connectivity index (χ3v) is 13.0. The van der Waals surface area contributed by atoms with E-state index in [1.54, 1.807) is 60.7 Å². The van der Waals surface area contributed by atoms with Crippen LogP contribution in [0.2, 0.25) is 5.02 Å². The van der Waals surface area contributed by atoms with Crippen molar-refractivity contribution in [1.29, 1.82) is 0 Å². The van der Waals surface area contributed by atoms with Gasteiger partial charge in [-0.05, 0) is 71.9 Å². The van der Waals surface area contributed by atoms with E-state index < -0.39 is 12.1 Å². The molecular weight excluding hydrogens is 816 g/mol. The third-order valence-electron chi connectivity index (χ3n) is 8.93. The SMILES string of the molecule is CCCC(OC(=O)c1cc(-c2ccc(N3C(=O)C4CC(Br)C(Br)CC4C3=O)cc2)nc2c(C)c(Cl)c(Br)cc12)C(=O)c1ccccc1. The smallest absolute Gasteiger partial charge is 0.339 e. The fourth-order valence-corrected chi connectivity index (χ4v) is 8.30. The number of fused-ring (bicyclic) bond motifs is 2. The van der Waals surface area contributed by atoms with Crippen LogP contribution in [0.15, 0.2) is 71.2 Å². The second-order valence-electron chi connectivity index (χ2n) is 11.9. The molecular formula is C36H30Br3ClN2O5. The lowest BCUT2D eigenvalue weighted by Crippen LogP contribution is -2.34. The monoisotopic (exact) mass is 842 g/mol. The molecule has 0 bridgehead atoms. The van der Waals surface area contributed by atoms with Gasteiger partial charge >= 0.3 is 5.97 Å². The van der Waals surface area contributed by atoms with Gasteiger partial charge in [0.25, 0.3) is 0 Å². The summed E-state index contributed by atoms with van der Waals surface area (Å²) in [5.74, 6) is -2.00. The van der Waals surface area contributed by atoms with Crippen LogP contribution >= 0.6 is 59.4 Å². The number of anilines is 1. The fourth-order valence-electron chi connectivity index (χ4n) is 6.39. The number of esters is 1. The molecule has 6 rings (SSSR count). The van der Waals surface area contributed by atoms with E-state index in [1.165, 1.54) is 4.90 Å². The molecule has 2 fully saturated rings. The third kappa shape index (κ3) is 6.46. The first-order valence-electron chi connectivity index (χ1n) is 15.4. The van der Waals surface area contributed by atoms with Crippen LogP contribution in [-0.2, 0) is 14.3 Å². The Labute approximate surface area is 302 Å². The van der Waals surface area contributed by atoms with Crippen LogP contribution in [0.4, 0.5) is 5.69 Å². The molecule has 2 heterocycles. The van der Waals surface area contributed by atoms with E-state index in [-0.39, 0.29) is 44.7 Å². The minimum Gasteiger partial charge on any atom is -0.450 e. The Morgan fingerprint density at radius 2 is 1.60 bits per heavy atom. The summed E-state index contributed by atoms with van der Waals surface area (Å²) in [4.78, 5) is 60.4. The summed E-state index contributed by atoms with van der Waals surface area (Å²) in [6.45, 7) is 3.75. The molecule has 1 aliphatic heterocycles. The number of nitrogens with zero attached hydrogens (tertiary/aromatic N) is 2. The van der Waals surface area contributed by atoms with Crippen LogP contribution in [0.1, 0.15) is 58.9 Å². The number of ketones is 1. The summed E-state index contributed by atoms with van der Waals surface area (Å²) >= 11 is 17.4. The Morgan fingerprint density at radius 3 is 2.19 bits per heavy atom. The van der Waals surface area contributed by atoms with Crippen LogP contribution in [-0.4, -0.2) is 44.3 Å². The van der Waals surface area contributed by atoms with E-state index in [0.29, 0.717) is 74.2 Å². The second-order valence-corrected chi connectivity index (χ2v) is 15.5. The molecule has 47 heavy (non-hydrogen) atoms. The van der Waals surface area contributed by atoms with Crippen molar-refractivity contribution in [2.75, 3.05) is 4.90 Å². The number of carbonyl (C=O) groups is 4. The van der Waals surface area contributed by atoms with Crippen molar-refractivity contribution in [3.8, 4) is 11.3 Å². The Morgan fingerprint density at radius 1 is 0.979 bits per heavy atom. The maximum absolute atomic E-state index is 13.9. The van der Waals surface area contributed by atoms with Crippen molar-refractivity contribution in [2.45, 2.75) is 55.3 Å². The number of carbonyl (C=O) groups excluding carboxylic acids is 4. The van der Waals surface area contributed by atoms with E-state index in [1.807, 2.05) is 19.9 Å². The predicted molar refractivity (Wildman–Crippen MR) is 194 cm³/mol. The van der Waals surface area contributed by atoms with Gasteiger partial charge in [0.2, 0.25) is 17.6 Å². The van der Waals surface area contributed by atoms with Crippen molar-refractivity contribution < 1.29 is 23.9 Å². The molecule has 11 heteroatoms. The number of ether oxygens (including phenoxy) is 1. The van der Waals surface area contributed by atoms with Crippen LogP contribution in [0, 0.1) is 18.8 Å². The summed E-state index contributed by atoms with van der Waals surface area (Å²) in [5, 5.41) is 0.988. The van der Waals surface area contributed by atoms with Gasteiger partial charge in [-0.2, -0.15) is 0 Å². The van der Waals surface area contributed by atoms with E-state index >= 15 is 0 Å². The van der Waals surface area contributed by atoms with Gasteiger partial charge in [0.1, 0.15) is 0 Å². The quantitative estimate of drug-likeness (QED) is 0.0761. The number of hydrogen-bond acceptors (Lipinski definition) is 6. The molecule has 4 aromatic rings. The summed E-state index contributed by atoms with van der Waals surface area (Å²) in [5.41, 5.74) is 3.50. The number of halogens is 4. The first-order chi connectivity index (χ1) is 22.5. The molecule has 5 unspecified atom stereocenters. The summed E-state index contributed by atoms with van der Waals surface area (Å²) in [7, 11) is 0. The van der Waals surface area contributed by atoms with Gasteiger partial charge in [0, 0.05) is 30.6 Å². The van der Waals surface area contributed by atoms with E-state index in [4.69, 9.17) is 21.3 Å². The number of benzene rings is 3. The van der Waals surface area contributed by atoms with Crippen LogP contribution in [0.3, 0.4) is 0 Å². The van der Waals surface area contributed by atoms with Crippen LogP contribution in [0.25, 0.3) is 22.2 Å². The average molecular weight is 846 g/mol. The van der Waals surface area contributed by atoms with Gasteiger partial charge in [-0.3, -0.25) is 19.3 Å². The molecule has 2 aliphatic rings. The van der Waals surface area contributed by atoms with Crippen molar-refractivity contribution in [2.24, 2.45) is 11.8 Å². The van der Waals surface area contributed by atoms with Crippen LogP contribution in [0.5, 0.6) is 0 Å². The Kier molecular flexibility index (Phi) is 10.0. The summed E-state index contributed by atoms with van der Waals surface area (Å²) in [6, 6.07) is 19.2. The Hall–Kier alpha value is -2.92. The summed E-state index contributed by atoms with van der Waals surface area (Å²) in [6.07, 6.45) is 1.23. The molecule has 5 atom stereocenters. The van der Waals surface area contributed by atoms with Crippen LogP contribution < -0.4 is 4.90 Å². The maximum atomic E-state index is 13.9. The minimum absolute atomic E-state index is 0.119. The zero-order valence-electron chi connectivity index (χ0n) is 25.5. The highest BCUT2D eigenvalue weighted by atomic mass is 79.9. The number of aromatic nitrogens is 1. The van der Waals surface area contributed by atoms with E-state index in [0.717, 1.165) is 0 Å². The lowest BCUT2D eigenvalue weighted by molar-refractivity contribution is -0.122. The number of amides is 2. The molecule has 1 aromatic heterocycles. The number of Topliss-reactive ketones (excluding diaryl/α,β-unsaturated/α-hetero) is 1. The molecule has 1 aliphatic carbocycles. The van der Waals surface area contributed by atoms with Gasteiger partial charge in [-0.25, -0.2) is 9.78 Å². The van der Waals surface area contributed by atoms with E-state index in [2.05, 4.69) is 47.8 Å². The van der Waals surface area contributed by atoms with Crippen molar-refractivity contribution >= 4 is 99.5 Å². The van der Waals surface area contributed by atoms with Gasteiger partial charge < -0.3 is 4.74 Å². The Balaban J connectivity index is 1.36. The van der Waals surface area contributed by atoms with Crippen molar-refractivity contribution in [3.63, 3.8) is 0 Å². The number of aryl methyl sites for hydroxylation is 1. The topological polar surface area (TPSA) is 93.6 Å². The first kappa shape index (κ1) is 34.0. The molecule has 7 nitrogen and oxygen atoms in total. The molecule has 1 saturated heterocycles. The Bertz CT molecular complexity index is 1870. The van der Waals surface area contributed by atoms with Crippen molar-refractivity contribution in [1.82, 2.24) is 4.98 Å². The highest BCUT2D eigenvalue weighted by Crippen LogP contribution is 2.45. The van der Waals surface area contributed by atoms with Gasteiger partial charge in [0.05, 0.1) is 39.3 Å². The highest BCUT2D eigenvalue weighted by molar-refractivity contribution is 9.12. The second kappa shape index (κ2) is 13.9. The largest absolute Gasteiger partial charge is 0.450 e. The molecule has 0 radical (unpaired) electrons. The molecule has 0 spiro atoms. The number of rotatable bonds is 8. The zero-order chi connectivity index (χ0) is 33.6. The van der Waals surface area contributed by atoms with Gasteiger partial charge in [0.15, 0.2) is 6.10 Å². The standard InChI is InChI=1S/C36H30Br3ClN2O5/c1-3-7-30(33(43)20-8-5-4-6-9-20)47-36(46)25-17-29(41-32-18(2)31(40)28(39)14-22(25)32)19-10-12-21(13-11-19)42-34(44)23-15-26(37)27(38)16-24(23)35(42)45/h4-6,8-14,17,23-24,26-27,30H,3,7,15-16H2,1-2H3. The lowest BCUT2D eigenvalue weighted by atomic mass is 9.81.